The smallest absolute Gasteiger partial charge is 0.394 e. The van der Waals surface area contributed by atoms with Crippen molar-refractivity contribution in [2.45, 2.75) is 0 Å². The van der Waals surface area contributed by atoms with Crippen molar-refractivity contribution in [1.29, 1.82) is 0 Å². The van der Waals surface area contributed by atoms with Gasteiger partial charge in [0.2, 0.25) is 0 Å². The van der Waals surface area contributed by atoms with Gasteiger partial charge in [-0.3, -0.25) is 27.3 Å². The number of rotatable bonds is 0. The van der Waals surface area contributed by atoms with E-state index in [9.17, 15) is 0 Å². The Morgan fingerprint density at radius 3 is 0.300 bits per heavy atom. The minimum Gasteiger partial charge on any atom is -0.412 e. The van der Waals surface area contributed by atoms with Crippen LogP contribution >= 0.6 is 0 Å². The maximum atomic E-state index is 8.74. The third kappa shape index (κ3) is 1240000. The topological polar surface area (TPSA) is 637 Å². The molecule has 0 aromatic carbocycles. The van der Waals surface area contributed by atoms with Gasteiger partial charge < -0.3 is 71.9 Å². The second-order valence-corrected chi connectivity index (χ2v) is 4.03. The standard InChI is InChI=1S/2Fe.H3N.3H2O4S.12H2O/c;;;3*1-5(2,3)4;;;;;;;;;;;;/h;;1H3;3*(H2,1,2,3,4);12*1H2. The predicted molar refractivity (Wildman–Crippen MR) is 90.9 cm³/mol. The van der Waals surface area contributed by atoms with Crippen LogP contribution in [0.5, 0.6) is 0 Å². The maximum Gasteiger partial charge on any atom is 0.394 e. The molecule has 216 valence electrons. The van der Waals surface area contributed by atoms with Gasteiger partial charge >= 0.3 is 31.2 Å². The van der Waals surface area contributed by atoms with E-state index >= 15 is 0 Å². The number of hydrogen-bond donors (Lipinski definition) is 7. The average molecular weight is 639 g/mol. The molecule has 30 heavy (non-hydrogen) atoms. The van der Waals surface area contributed by atoms with Crippen molar-refractivity contribution in [3.8, 4) is 0 Å². The molecular formula is H33Fe2NO24S3. The van der Waals surface area contributed by atoms with E-state index in [1.807, 2.05) is 0 Å². The summed E-state index contributed by atoms with van der Waals surface area (Å²) in [7, 11) is -14.0. The van der Waals surface area contributed by atoms with Crippen LogP contribution in [0.4, 0.5) is 0 Å². The molecule has 25 nitrogen and oxygen atoms in total. The minimum atomic E-state index is -4.67. The first-order chi connectivity index (χ1) is 6.00. The van der Waals surface area contributed by atoms with E-state index in [4.69, 9.17) is 52.6 Å². The van der Waals surface area contributed by atoms with E-state index in [0.717, 1.165) is 0 Å². The SMILES string of the molecule is N.O.O.O.O.O.O.O.O.O.O.O.O.O=S(=O)(O)O.O=S(=O)(O)O.O=S(=O)(O)O.[Fe].[Fe]. The van der Waals surface area contributed by atoms with Gasteiger partial charge in [0.15, 0.2) is 0 Å². The van der Waals surface area contributed by atoms with Gasteiger partial charge in [0.1, 0.15) is 0 Å². The van der Waals surface area contributed by atoms with E-state index in [1.165, 1.54) is 0 Å². The first kappa shape index (κ1) is 174. The Balaban J connectivity index is -0.00000000360. The van der Waals surface area contributed by atoms with Crippen molar-refractivity contribution in [2.24, 2.45) is 0 Å². The molecule has 0 aromatic heterocycles. The van der Waals surface area contributed by atoms with Crippen LogP contribution in [0.3, 0.4) is 0 Å². The van der Waals surface area contributed by atoms with Crippen LogP contribution in [0.1, 0.15) is 0 Å². The Hall–Kier alpha value is 0.129. The summed E-state index contributed by atoms with van der Waals surface area (Å²) in [5, 5.41) is 0. The summed E-state index contributed by atoms with van der Waals surface area (Å²) in [5.74, 6) is 0. The quantitative estimate of drug-likeness (QED) is 0.0957. The Morgan fingerprint density at radius 1 is 0.300 bits per heavy atom. The van der Waals surface area contributed by atoms with Gasteiger partial charge in [-0.25, -0.2) is 0 Å². The van der Waals surface area contributed by atoms with Crippen LogP contribution in [0.2, 0.25) is 0 Å². The molecule has 0 amide bonds. The molecule has 0 saturated carbocycles. The van der Waals surface area contributed by atoms with E-state index in [2.05, 4.69) is 0 Å². The summed E-state index contributed by atoms with van der Waals surface area (Å²) in [4.78, 5) is 0. The monoisotopic (exact) mass is 639 g/mol. The fourth-order valence-corrected chi connectivity index (χ4v) is 0. The zero-order valence-corrected chi connectivity index (χ0v) is 18.4. The molecule has 0 rings (SSSR count). The average Bonchev–Trinajstić information content (AvgIpc) is 1.41. The zero-order valence-electron chi connectivity index (χ0n) is 13.8. The molecule has 0 aliphatic carbocycles. The molecule has 0 spiro atoms. The Kier molecular flexibility index (Phi) is 406. The molecule has 0 aliphatic heterocycles. The van der Waals surface area contributed by atoms with Gasteiger partial charge in [0, 0.05) is 34.1 Å². The van der Waals surface area contributed by atoms with E-state index in [1.54, 1.807) is 0 Å². The molecule has 0 unspecified atom stereocenters. The fraction of sp³-hybridized carbons (Fsp3) is 0. The third-order valence-corrected chi connectivity index (χ3v) is 0. The largest absolute Gasteiger partial charge is 0.412 e. The minimum absolute atomic E-state index is 0. The van der Waals surface area contributed by atoms with Crippen LogP contribution in [-0.4, -0.2) is 118 Å². The first-order valence-corrected chi connectivity index (χ1v) is 6.29. The summed E-state index contributed by atoms with van der Waals surface area (Å²) in [6.45, 7) is 0. The molecule has 33 N–H and O–H groups in total. The fourth-order valence-electron chi connectivity index (χ4n) is 0. The van der Waals surface area contributed by atoms with Crippen molar-refractivity contribution >= 4 is 31.2 Å². The Morgan fingerprint density at radius 2 is 0.300 bits per heavy atom. The third-order valence-electron chi connectivity index (χ3n) is 0. The van der Waals surface area contributed by atoms with Gasteiger partial charge in [0.05, 0.1) is 0 Å². The van der Waals surface area contributed by atoms with Gasteiger partial charge in [-0.15, -0.1) is 0 Å². The van der Waals surface area contributed by atoms with Gasteiger partial charge in [0.25, 0.3) is 0 Å². The zero-order chi connectivity index (χ0) is 13.5. The van der Waals surface area contributed by atoms with E-state index in [-0.39, 0.29) is 106 Å². The summed E-state index contributed by atoms with van der Waals surface area (Å²) < 4.78 is 94.8. The second-order valence-electron chi connectivity index (χ2n) is 1.34. The van der Waals surface area contributed by atoms with Crippen LogP contribution in [0.15, 0.2) is 0 Å². The summed E-state index contributed by atoms with van der Waals surface area (Å²) in [6.07, 6.45) is 0. The molecule has 0 radical (unpaired) electrons. The van der Waals surface area contributed by atoms with Crippen LogP contribution in [0.25, 0.3) is 0 Å². The van der Waals surface area contributed by atoms with Crippen molar-refractivity contribution in [3.63, 3.8) is 0 Å². The Bertz CT molecular complexity index is 351. The molecule has 0 saturated heterocycles. The molecule has 0 aromatic rings. The van der Waals surface area contributed by atoms with Crippen LogP contribution in [-0.2, 0) is 65.3 Å². The molecular weight excluding hydrogens is 606 g/mol. The Labute approximate surface area is 189 Å². The molecule has 0 bridgehead atoms. The van der Waals surface area contributed by atoms with E-state index in [0.29, 0.717) is 0 Å². The second kappa shape index (κ2) is 70.1. The van der Waals surface area contributed by atoms with E-state index < -0.39 is 31.2 Å². The van der Waals surface area contributed by atoms with Gasteiger partial charge in [-0.05, 0) is 0 Å². The van der Waals surface area contributed by atoms with Gasteiger partial charge in [-0.1, -0.05) is 0 Å². The van der Waals surface area contributed by atoms with Crippen LogP contribution < -0.4 is 6.15 Å². The maximum absolute atomic E-state index is 8.74. The molecule has 0 aliphatic rings. The van der Waals surface area contributed by atoms with Crippen molar-refractivity contribution in [3.05, 3.63) is 0 Å². The van der Waals surface area contributed by atoms with Gasteiger partial charge in [-0.2, -0.15) is 25.3 Å². The summed E-state index contributed by atoms with van der Waals surface area (Å²) in [6, 6.07) is 0. The normalized spacial score (nSPS) is 5.80. The first-order valence-electron chi connectivity index (χ1n) is 2.10. The predicted octanol–water partition coefficient (Wildman–Crippen LogP) is -11.7. The molecule has 0 atom stereocenters. The van der Waals surface area contributed by atoms with Crippen LogP contribution in [0, 0.1) is 0 Å². The van der Waals surface area contributed by atoms with Crippen molar-refractivity contribution in [1.82, 2.24) is 6.15 Å². The molecule has 0 heterocycles. The molecule has 0 fully saturated rings. The van der Waals surface area contributed by atoms with Crippen molar-refractivity contribution < 1.29 is 152 Å². The molecule has 30 heteroatoms. The number of hydrogen-bond acceptors (Lipinski definition) is 7. The van der Waals surface area contributed by atoms with Crippen molar-refractivity contribution in [2.75, 3.05) is 0 Å². The summed E-state index contributed by atoms with van der Waals surface area (Å²) in [5.41, 5.74) is 0. The summed E-state index contributed by atoms with van der Waals surface area (Å²) >= 11 is 0.